The first kappa shape index (κ1) is 91.7. The number of allylic oxidation sites excluding steroid dienone is 2. The summed E-state index contributed by atoms with van der Waals surface area (Å²) >= 11 is 15.8. The van der Waals surface area contributed by atoms with Crippen LogP contribution in [0.1, 0.15) is 55.8 Å². The zero-order valence-corrected chi connectivity index (χ0v) is 67.2. The summed E-state index contributed by atoms with van der Waals surface area (Å²) in [7, 11) is 18.3. The molecule has 11 aromatic rings. The molecule has 0 aliphatic rings. The van der Waals surface area contributed by atoms with Gasteiger partial charge in [-0.3, -0.25) is 29.0 Å². The van der Waals surface area contributed by atoms with Crippen LogP contribution < -0.4 is 58.9 Å². The number of Topliss-reactive ketones (excluding diaryl/α,β-unsaturated/α-hetero) is 2. The number of ether oxygens (including phenoxy) is 4. The third kappa shape index (κ3) is 31.9. The predicted molar refractivity (Wildman–Crippen MR) is 424 cm³/mol. The second-order valence-electron chi connectivity index (χ2n) is 20.0. The summed E-state index contributed by atoms with van der Waals surface area (Å²) in [6.07, 6.45) is 25.2. The van der Waals surface area contributed by atoms with Crippen molar-refractivity contribution >= 4 is 143 Å². The number of halogens is 4. The number of aliphatic hydroxyl groups is 1. The summed E-state index contributed by atoms with van der Waals surface area (Å²) < 4.78 is 25.2. The molecule has 11 heterocycles. The minimum absolute atomic E-state index is 0.00435. The Labute approximate surface area is 667 Å². The van der Waals surface area contributed by atoms with Crippen molar-refractivity contribution in [2.24, 2.45) is 4.30 Å². The third-order valence-electron chi connectivity index (χ3n) is 11.7. The molecule has 0 aliphatic carbocycles. The molecule has 0 fully saturated rings. The number of rotatable bonds is 16. The van der Waals surface area contributed by atoms with Gasteiger partial charge in [-0.25, -0.2) is 99.7 Å². The van der Waals surface area contributed by atoms with Crippen LogP contribution in [0.5, 0.6) is 23.5 Å². The number of ketones is 4. The van der Waals surface area contributed by atoms with E-state index in [0.717, 1.165) is 7.11 Å². The molecule has 0 spiro atoms. The van der Waals surface area contributed by atoms with Crippen LogP contribution in [0.2, 0.25) is 0 Å². The maximum atomic E-state index is 12.1. The van der Waals surface area contributed by atoms with E-state index in [1.165, 1.54) is 96.9 Å². The van der Waals surface area contributed by atoms with E-state index in [1.54, 1.807) is 113 Å². The van der Waals surface area contributed by atoms with Gasteiger partial charge in [-0.2, -0.15) is 0 Å². The van der Waals surface area contributed by atoms with E-state index in [2.05, 4.69) is 198 Å². The van der Waals surface area contributed by atoms with E-state index in [-0.39, 0.29) is 92.7 Å². The molecule has 0 amide bonds. The van der Waals surface area contributed by atoms with E-state index in [0.29, 0.717) is 81.7 Å². The number of carbonyl (C=O) groups excluding carboxylic acids is 4. The van der Waals surface area contributed by atoms with Crippen molar-refractivity contribution in [1.82, 2.24) is 119 Å². The molecule has 41 nitrogen and oxygen atoms in total. The summed E-state index contributed by atoms with van der Waals surface area (Å²) in [4.78, 5) is 147. The molecule has 0 atom stereocenters. The Morgan fingerprint density at radius 2 is 0.900 bits per heavy atom. The van der Waals surface area contributed by atoms with Gasteiger partial charge in [-0.15, -0.1) is 0 Å². The molecule has 47 heteroatoms. The molecule has 11 rings (SSSR count). The van der Waals surface area contributed by atoms with Crippen molar-refractivity contribution in [2.45, 2.75) is 13.8 Å². The van der Waals surface area contributed by atoms with Gasteiger partial charge in [0.1, 0.15) is 42.4 Å². The van der Waals surface area contributed by atoms with Crippen LogP contribution in [0.3, 0.4) is 0 Å². The summed E-state index contributed by atoms with van der Waals surface area (Å²) in [6.45, 7) is 2.71. The van der Waals surface area contributed by atoms with Crippen molar-refractivity contribution in [3.8, 4) is 69.1 Å². The molecule has 1 radical (unpaired) electrons. The number of aromatic nitrogens is 22. The van der Waals surface area contributed by atoms with Crippen LogP contribution in [-0.2, 0) is 0 Å². The molecule has 0 aliphatic heterocycles. The number of nitrogens with two attached hydrogens (primary N) is 6. The molecule has 0 unspecified atom stereocenters. The van der Waals surface area contributed by atoms with Gasteiger partial charge in [0.25, 0.3) is 5.56 Å². The Bertz CT molecular complexity index is 4980. The normalized spacial score (nSPS) is 9.85. The standard InChI is InChI=1S/C15H20N4O3.C13H12N8O.C12H10N8O.C9H10N2O3.C5H4Br2N2O.C4H3Br2N3.C4H5N3.CH4O.BHNS/c1-18(2)8-6-12(20)11-10-16-15(22-5)14(17-11)13(21)7-9-19(3)4;1-22-11-10(8-3-5-17-13(15)21-8)19-9(6-18-11)7-2-4-16-12(14)20-7;13-11-15-3-1-6(19-11)8-5-17-10(21)9(18-8)7-2-4-16-12(14)20-7;1-5(12)7-4-10-9(14-3)8(11-7)6(2)13;1-10-5-4(7)9-3(6)2-8-5;5-2-1-8-4(7)3(6)9-2;5-4-3-6-1-2-7-4;1-2;1-2-3/h6-10H,1-5H3;2-6H,1H3,(H2,14,16,20)(H2,15,17,21);1-5H,(H,17,21)(H2,13,15,19)(H2,14,16,20);4H,1-3H3;2H,1H3;1H,(H2,7,8);1-3H,(H2,5,7);2H,1H3;3H/b8-6+,9-7+;;;;;;;;. The molecule has 0 bridgehead atoms. The number of nitrogens with zero attached hydrogens (tertiary/aromatic N) is 24. The van der Waals surface area contributed by atoms with Crippen molar-refractivity contribution in [2.75, 3.05) is 98.1 Å². The molecule has 573 valence electrons. The summed E-state index contributed by atoms with van der Waals surface area (Å²) in [5.41, 5.74) is 36.1. The van der Waals surface area contributed by atoms with E-state index in [1.807, 2.05) is 0 Å². The van der Waals surface area contributed by atoms with Gasteiger partial charge < -0.3 is 73.2 Å². The Hall–Kier alpha value is -12.5. The maximum absolute atomic E-state index is 12.1. The summed E-state index contributed by atoms with van der Waals surface area (Å²) in [5.74, 6) is 1.13. The van der Waals surface area contributed by atoms with Crippen molar-refractivity contribution < 1.29 is 43.2 Å². The number of nitrogens with one attached hydrogen (secondary N) is 1. The van der Waals surface area contributed by atoms with E-state index >= 15 is 0 Å². The first-order valence-electron chi connectivity index (χ1n) is 30.1. The molecule has 0 saturated heterocycles. The summed E-state index contributed by atoms with van der Waals surface area (Å²) in [5, 5.41) is 7.00. The Kier molecular flexibility index (Phi) is 40.6. The Morgan fingerprint density at radius 3 is 1.34 bits per heavy atom. The van der Waals surface area contributed by atoms with Crippen molar-refractivity contribution in [3.63, 3.8) is 0 Å². The van der Waals surface area contributed by atoms with Gasteiger partial charge in [0.05, 0.1) is 88.4 Å². The second-order valence-corrected chi connectivity index (χ2v) is 23.4. The fraction of sp³-hybridized carbons (Fsp3) is 0.175. The Balaban J connectivity index is 0.000000339. The third-order valence-corrected chi connectivity index (χ3v) is 13.6. The number of H-pyrrole nitrogens is 1. The molecule has 110 heavy (non-hydrogen) atoms. The Morgan fingerprint density at radius 1 is 0.473 bits per heavy atom. The molecule has 0 aromatic carbocycles. The SMILES string of the molecule is CO.COc1ncc(-c2ccnc(N)n2)nc1-c1ccnc(N)n1.COc1ncc(Br)nc1Br.COc1ncc(C(=O)/C=C/N(C)C)nc1C(=O)/C=C/N(C)C.COc1ncc(C(C)=O)nc1C(C)=O.Nc1cnccn1.Nc1ncc(Br)nc1Br.Nc1nccc(-c2c[nH]c(=O)c(-c3ccnc(N)n3)n2)n1.[B]=NS. The minimum atomic E-state index is -0.390. The second kappa shape index (κ2) is 48.7. The molecule has 11 aromatic heterocycles. The molecular weight excluding hydrogens is 1710 g/mol. The van der Waals surface area contributed by atoms with Crippen LogP contribution in [0.15, 0.2) is 157 Å². The fourth-order valence-electron chi connectivity index (χ4n) is 7.04. The van der Waals surface area contributed by atoms with Crippen molar-refractivity contribution in [3.05, 3.63) is 181 Å². The van der Waals surface area contributed by atoms with E-state index in [9.17, 15) is 24.0 Å². The number of thiol groups is 1. The number of hydrogen-bond donors (Lipinski definition) is 9. The first-order valence-corrected chi connectivity index (χ1v) is 33.7. The zero-order valence-electron chi connectivity index (χ0n) is 60.0. The number of carbonyl (C=O) groups is 4. The average Bonchev–Trinajstić information content (AvgIpc) is 0.812. The zero-order chi connectivity index (χ0) is 82.0. The van der Waals surface area contributed by atoms with Gasteiger partial charge in [0, 0.05) is 117 Å². The van der Waals surface area contributed by atoms with Gasteiger partial charge in [0.15, 0.2) is 44.8 Å². The molecule has 0 saturated carbocycles. The monoisotopic (exact) mass is 1780 g/mol. The van der Waals surface area contributed by atoms with Crippen LogP contribution in [0.25, 0.3) is 45.6 Å². The molecule has 14 N–H and O–H groups in total. The summed E-state index contributed by atoms with van der Waals surface area (Å²) in [6, 6.07) is 6.53. The van der Waals surface area contributed by atoms with Crippen LogP contribution in [0.4, 0.5) is 35.4 Å². The predicted octanol–water partition coefficient (Wildman–Crippen LogP) is 5.75. The van der Waals surface area contributed by atoms with E-state index in [4.69, 9.17) is 58.5 Å². The van der Waals surface area contributed by atoms with Crippen LogP contribution in [0, 0.1) is 0 Å². The molecular formula is C63H69BBr4N31O10S. The number of anilines is 6. The number of aliphatic hydroxyl groups excluding tert-OH is 1. The number of methoxy groups -OCH3 is 4. The topological polar surface area (TPSA) is 604 Å². The first-order chi connectivity index (χ1) is 52.4. The number of aromatic amines is 1. The fourth-order valence-corrected chi connectivity index (χ4v) is 8.83. The van der Waals surface area contributed by atoms with Crippen LogP contribution >= 0.6 is 76.5 Å². The van der Waals surface area contributed by atoms with Gasteiger partial charge >= 0.3 is 24.8 Å². The number of nitrogen functional groups attached to an aromatic ring is 6. The quantitative estimate of drug-likeness (QED) is 0.0241. The average molecular weight is 1780 g/mol. The van der Waals surface area contributed by atoms with Gasteiger partial charge in [0.2, 0.25) is 58.9 Å². The van der Waals surface area contributed by atoms with Gasteiger partial charge in [-0.1, -0.05) is 0 Å². The van der Waals surface area contributed by atoms with Crippen LogP contribution in [-0.4, -0.2) is 219 Å². The number of hydrogen-bond acceptors (Lipinski definition) is 41. The van der Waals surface area contributed by atoms with Gasteiger partial charge in [-0.05, 0) is 88.0 Å². The van der Waals surface area contributed by atoms with E-state index < -0.39 is 0 Å². The van der Waals surface area contributed by atoms with Crippen molar-refractivity contribution in [1.29, 1.82) is 0 Å².